The zero-order valence-corrected chi connectivity index (χ0v) is 11.6. The zero-order chi connectivity index (χ0) is 12.5. The summed E-state index contributed by atoms with van der Waals surface area (Å²) < 4.78 is 0. The summed E-state index contributed by atoms with van der Waals surface area (Å²) in [6.45, 7) is 4.23. The Labute approximate surface area is 114 Å². The molecule has 0 saturated carbocycles. The van der Waals surface area contributed by atoms with E-state index in [1.54, 1.807) is 6.20 Å². The molecule has 1 saturated heterocycles. The number of aromatic amines is 1. The lowest BCUT2D eigenvalue weighted by molar-refractivity contribution is 0.722. The molecule has 1 aliphatic rings. The topological polar surface area (TPSA) is 57.7 Å². The first-order valence-corrected chi connectivity index (χ1v) is 7.43. The number of hydrogen-bond acceptors (Lipinski definition) is 5. The van der Waals surface area contributed by atoms with Crippen molar-refractivity contribution in [3.05, 3.63) is 11.5 Å². The molecule has 1 aliphatic heterocycles. The number of H-pyrrole nitrogens is 1. The van der Waals surface area contributed by atoms with Gasteiger partial charge < -0.3 is 4.90 Å². The van der Waals surface area contributed by atoms with Crippen molar-refractivity contribution in [2.45, 2.75) is 18.6 Å². The van der Waals surface area contributed by atoms with Gasteiger partial charge in [0.25, 0.3) is 0 Å². The maximum absolute atomic E-state index is 5.97. The number of fused-ring (bicyclic) bond motifs is 1. The summed E-state index contributed by atoms with van der Waals surface area (Å²) in [5.41, 5.74) is 0.705. The summed E-state index contributed by atoms with van der Waals surface area (Å²) in [7, 11) is 0. The lowest BCUT2D eigenvalue weighted by Crippen LogP contribution is -2.38. The van der Waals surface area contributed by atoms with Crippen molar-refractivity contribution < 1.29 is 0 Å². The van der Waals surface area contributed by atoms with Gasteiger partial charge in [-0.05, 0) is 18.0 Å². The summed E-state index contributed by atoms with van der Waals surface area (Å²) in [5.74, 6) is 2.02. The second kappa shape index (κ2) is 4.93. The Morgan fingerprint density at radius 2 is 2.44 bits per heavy atom. The van der Waals surface area contributed by atoms with Crippen molar-refractivity contribution in [2.75, 3.05) is 23.7 Å². The number of rotatable bonds is 2. The molecular weight excluding hydrogens is 270 g/mol. The van der Waals surface area contributed by atoms with Gasteiger partial charge in [-0.2, -0.15) is 26.8 Å². The Balaban J connectivity index is 2.00. The SMILES string of the molecule is CCC1CN(c2nc(Cl)nc3[nH]ncc23)CCS1. The number of aromatic nitrogens is 4. The van der Waals surface area contributed by atoms with Crippen LogP contribution in [0.2, 0.25) is 5.28 Å². The van der Waals surface area contributed by atoms with Gasteiger partial charge in [0.2, 0.25) is 5.28 Å². The summed E-state index contributed by atoms with van der Waals surface area (Å²) in [6.07, 6.45) is 2.94. The van der Waals surface area contributed by atoms with Crippen molar-refractivity contribution in [1.82, 2.24) is 20.2 Å². The fourth-order valence-electron chi connectivity index (χ4n) is 2.19. The molecule has 1 fully saturated rings. The molecule has 1 unspecified atom stereocenters. The van der Waals surface area contributed by atoms with Gasteiger partial charge in [-0.3, -0.25) is 5.10 Å². The number of thioether (sulfide) groups is 1. The standard InChI is InChI=1S/C11H14ClN5S/c1-2-7-6-17(3-4-18-7)10-8-5-13-16-9(8)14-11(12)15-10/h5,7H,2-4,6H2,1H3,(H,13,14,15,16). The predicted molar refractivity (Wildman–Crippen MR) is 75.4 cm³/mol. The maximum Gasteiger partial charge on any atom is 0.226 e. The second-order valence-electron chi connectivity index (χ2n) is 4.30. The van der Waals surface area contributed by atoms with Crippen molar-refractivity contribution in [2.24, 2.45) is 0 Å². The first kappa shape index (κ1) is 12.0. The number of anilines is 1. The van der Waals surface area contributed by atoms with E-state index in [-0.39, 0.29) is 5.28 Å². The highest BCUT2D eigenvalue weighted by Gasteiger charge is 2.22. The monoisotopic (exact) mass is 283 g/mol. The van der Waals surface area contributed by atoms with Crippen LogP contribution >= 0.6 is 23.4 Å². The number of nitrogens with zero attached hydrogens (tertiary/aromatic N) is 4. The van der Waals surface area contributed by atoms with E-state index in [0.29, 0.717) is 10.9 Å². The average Bonchev–Trinajstić information content (AvgIpc) is 2.85. The third-order valence-corrected chi connectivity index (χ3v) is 4.70. The van der Waals surface area contributed by atoms with Gasteiger partial charge in [0.05, 0.1) is 11.6 Å². The van der Waals surface area contributed by atoms with Gasteiger partial charge in [0.15, 0.2) is 5.65 Å². The van der Waals surface area contributed by atoms with Crippen LogP contribution in [0.1, 0.15) is 13.3 Å². The van der Waals surface area contributed by atoms with Crippen LogP contribution in [0.3, 0.4) is 0 Å². The van der Waals surface area contributed by atoms with E-state index in [2.05, 4.69) is 32.0 Å². The molecule has 3 heterocycles. The van der Waals surface area contributed by atoms with E-state index in [0.717, 1.165) is 30.0 Å². The van der Waals surface area contributed by atoms with Crippen LogP contribution in [0.25, 0.3) is 11.0 Å². The molecule has 3 rings (SSSR count). The van der Waals surface area contributed by atoms with Crippen LogP contribution in [0, 0.1) is 0 Å². The predicted octanol–water partition coefficient (Wildman–Crippen LogP) is 2.34. The van der Waals surface area contributed by atoms with Gasteiger partial charge in [0.1, 0.15) is 5.82 Å². The molecule has 0 amide bonds. The highest BCUT2D eigenvalue weighted by atomic mass is 35.5. The van der Waals surface area contributed by atoms with Crippen LogP contribution in [-0.2, 0) is 0 Å². The normalized spacial score (nSPS) is 20.6. The van der Waals surface area contributed by atoms with Gasteiger partial charge in [-0.15, -0.1) is 0 Å². The number of nitrogens with one attached hydrogen (secondary N) is 1. The third-order valence-electron chi connectivity index (χ3n) is 3.16. The smallest absolute Gasteiger partial charge is 0.226 e. The van der Waals surface area contributed by atoms with Crippen LogP contribution < -0.4 is 4.90 Å². The van der Waals surface area contributed by atoms with E-state index in [1.165, 1.54) is 6.42 Å². The first-order chi connectivity index (χ1) is 8.78. The summed E-state index contributed by atoms with van der Waals surface area (Å²) in [6, 6.07) is 0. The fourth-order valence-corrected chi connectivity index (χ4v) is 3.54. The van der Waals surface area contributed by atoms with Gasteiger partial charge in [0, 0.05) is 24.1 Å². The Morgan fingerprint density at radius 1 is 1.56 bits per heavy atom. The molecule has 0 bridgehead atoms. The Bertz CT molecular complexity index is 557. The molecule has 1 atom stereocenters. The number of hydrogen-bond donors (Lipinski definition) is 1. The summed E-state index contributed by atoms with van der Waals surface area (Å²) >= 11 is 8.00. The third kappa shape index (κ3) is 2.14. The van der Waals surface area contributed by atoms with Crippen LogP contribution in [0.4, 0.5) is 5.82 Å². The molecule has 18 heavy (non-hydrogen) atoms. The van der Waals surface area contributed by atoms with Crippen molar-refractivity contribution in [3.63, 3.8) is 0 Å². The highest BCUT2D eigenvalue weighted by molar-refractivity contribution is 8.00. The van der Waals surface area contributed by atoms with Crippen LogP contribution in [0.15, 0.2) is 6.20 Å². The van der Waals surface area contributed by atoms with Crippen molar-refractivity contribution >= 4 is 40.2 Å². The molecule has 0 radical (unpaired) electrons. The Kier molecular flexibility index (Phi) is 3.30. The van der Waals surface area contributed by atoms with Gasteiger partial charge in [-0.25, -0.2) is 0 Å². The summed E-state index contributed by atoms with van der Waals surface area (Å²) in [5, 5.41) is 8.75. The molecule has 5 nitrogen and oxygen atoms in total. The minimum Gasteiger partial charge on any atom is -0.354 e. The van der Waals surface area contributed by atoms with E-state index in [4.69, 9.17) is 11.6 Å². The minimum absolute atomic E-state index is 0.271. The van der Waals surface area contributed by atoms with Crippen LogP contribution in [0.5, 0.6) is 0 Å². The Morgan fingerprint density at radius 3 is 3.28 bits per heavy atom. The van der Waals surface area contributed by atoms with E-state index < -0.39 is 0 Å². The fraction of sp³-hybridized carbons (Fsp3) is 0.545. The molecule has 1 N–H and O–H groups in total. The Hall–Kier alpha value is -1.01. The molecule has 2 aromatic rings. The molecule has 7 heteroatoms. The molecule has 0 spiro atoms. The van der Waals surface area contributed by atoms with Gasteiger partial charge >= 0.3 is 0 Å². The quantitative estimate of drug-likeness (QED) is 0.858. The van der Waals surface area contributed by atoms with Crippen LogP contribution in [-0.4, -0.2) is 44.3 Å². The second-order valence-corrected chi connectivity index (χ2v) is 6.04. The molecular formula is C11H14ClN5S. The first-order valence-electron chi connectivity index (χ1n) is 6.01. The zero-order valence-electron chi connectivity index (χ0n) is 10.1. The highest BCUT2D eigenvalue weighted by Crippen LogP contribution is 2.29. The average molecular weight is 284 g/mol. The van der Waals surface area contributed by atoms with E-state index in [1.807, 2.05) is 11.8 Å². The maximum atomic E-state index is 5.97. The van der Waals surface area contributed by atoms with Gasteiger partial charge in [-0.1, -0.05) is 6.92 Å². The largest absolute Gasteiger partial charge is 0.354 e. The minimum atomic E-state index is 0.271. The molecule has 96 valence electrons. The van der Waals surface area contributed by atoms with Crippen molar-refractivity contribution in [1.29, 1.82) is 0 Å². The molecule has 0 aromatic carbocycles. The molecule has 0 aliphatic carbocycles. The molecule has 2 aromatic heterocycles. The van der Waals surface area contributed by atoms with E-state index >= 15 is 0 Å². The number of halogens is 1. The van der Waals surface area contributed by atoms with Crippen molar-refractivity contribution in [3.8, 4) is 0 Å². The van der Waals surface area contributed by atoms with E-state index in [9.17, 15) is 0 Å². The lowest BCUT2D eigenvalue weighted by atomic mass is 10.2. The lowest BCUT2D eigenvalue weighted by Gasteiger charge is -2.32. The summed E-state index contributed by atoms with van der Waals surface area (Å²) in [4.78, 5) is 10.8.